The standard InChI is InChI=1S/C16H18BrNO2S/c1-3-16(13-7-5-4-6-8-13)18-21(19,20)14-9-10-15(17)12(2)11-14/h4-11,16,18H,3H2,1-2H3. The minimum absolute atomic E-state index is 0.222. The van der Waals surface area contributed by atoms with E-state index in [4.69, 9.17) is 0 Å². The molecule has 1 N–H and O–H groups in total. The van der Waals surface area contributed by atoms with E-state index >= 15 is 0 Å². The molecular weight excluding hydrogens is 350 g/mol. The lowest BCUT2D eigenvalue weighted by Gasteiger charge is -2.18. The molecule has 112 valence electrons. The molecule has 0 aliphatic carbocycles. The van der Waals surface area contributed by atoms with E-state index in [9.17, 15) is 8.42 Å². The second kappa shape index (κ2) is 6.73. The van der Waals surface area contributed by atoms with Crippen molar-refractivity contribution in [2.45, 2.75) is 31.2 Å². The van der Waals surface area contributed by atoms with Gasteiger partial charge in [-0.2, -0.15) is 0 Å². The molecule has 0 bridgehead atoms. The number of halogens is 1. The summed E-state index contributed by atoms with van der Waals surface area (Å²) in [6, 6.07) is 14.4. The van der Waals surface area contributed by atoms with Crippen LogP contribution in [-0.2, 0) is 10.0 Å². The first-order valence-electron chi connectivity index (χ1n) is 6.77. The van der Waals surface area contributed by atoms with Crippen molar-refractivity contribution in [3.63, 3.8) is 0 Å². The maximum Gasteiger partial charge on any atom is 0.241 e. The molecule has 21 heavy (non-hydrogen) atoms. The molecule has 0 saturated carbocycles. The summed E-state index contributed by atoms with van der Waals surface area (Å²) < 4.78 is 28.7. The van der Waals surface area contributed by atoms with E-state index in [1.807, 2.05) is 44.2 Å². The molecule has 2 aromatic carbocycles. The van der Waals surface area contributed by atoms with Crippen molar-refractivity contribution >= 4 is 26.0 Å². The van der Waals surface area contributed by atoms with Crippen LogP contribution in [0.3, 0.4) is 0 Å². The van der Waals surface area contributed by atoms with Gasteiger partial charge in [-0.3, -0.25) is 0 Å². The van der Waals surface area contributed by atoms with E-state index in [0.717, 1.165) is 15.6 Å². The van der Waals surface area contributed by atoms with Gasteiger partial charge in [0.1, 0.15) is 0 Å². The summed E-state index contributed by atoms with van der Waals surface area (Å²) in [6.45, 7) is 3.84. The molecule has 0 spiro atoms. The lowest BCUT2D eigenvalue weighted by atomic mass is 10.1. The molecule has 0 saturated heterocycles. The lowest BCUT2D eigenvalue weighted by Crippen LogP contribution is -2.28. The summed E-state index contributed by atoms with van der Waals surface area (Å²) in [4.78, 5) is 0.289. The number of benzene rings is 2. The SMILES string of the molecule is CCC(NS(=O)(=O)c1ccc(Br)c(C)c1)c1ccccc1. The normalized spacial score (nSPS) is 13.1. The number of nitrogens with one attached hydrogen (secondary N) is 1. The average Bonchev–Trinajstić information content (AvgIpc) is 2.48. The first-order valence-corrected chi connectivity index (χ1v) is 9.05. The van der Waals surface area contributed by atoms with Gasteiger partial charge in [0.05, 0.1) is 4.90 Å². The van der Waals surface area contributed by atoms with Gasteiger partial charge in [0.15, 0.2) is 0 Å². The number of sulfonamides is 1. The van der Waals surface area contributed by atoms with Gasteiger partial charge < -0.3 is 0 Å². The minimum Gasteiger partial charge on any atom is -0.207 e. The molecule has 1 unspecified atom stereocenters. The van der Waals surface area contributed by atoms with E-state index in [1.165, 1.54) is 0 Å². The van der Waals surface area contributed by atoms with Crippen LogP contribution in [0.25, 0.3) is 0 Å². The number of hydrogen-bond donors (Lipinski definition) is 1. The summed E-state index contributed by atoms with van der Waals surface area (Å²) in [6.07, 6.45) is 0.693. The highest BCUT2D eigenvalue weighted by Gasteiger charge is 2.20. The van der Waals surface area contributed by atoms with E-state index in [1.54, 1.807) is 18.2 Å². The highest BCUT2D eigenvalue weighted by Crippen LogP contribution is 2.23. The molecule has 0 radical (unpaired) electrons. The summed E-state index contributed by atoms with van der Waals surface area (Å²) in [5, 5.41) is 0. The summed E-state index contributed by atoms with van der Waals surface area (Å²) in [7, 11) is -3.53. The average molecular weight is 368 g/mol. The van der Waals surface area contributed by atoms with Gasteiger partial charge in [0.25, 0.3) is 0 Å². The molecule has 2 aromatic rings. The number of aryl methyl sites for hydroxylation is 1. The topological polar surface area (TPSA) is 46.2 Å². The molecule has 0 amide bonds. The van der Waals surface area contributed by atoms with Gasteiger partial charge >= 0.3 is 0 Å². The lowest BCUT2D eigenvalue weighted by molar-refractivity contribution is 0.550. The second-order valence-electron chi connectivity index (χ2n) is 4.90. The quantitative estimate of drug-likeness (QED) is 0.860. The Hall–Kier alpha value is -1.17. The summed E-state index contributed by atoms with van der Waals surface area (Å²) >= 11 is 3.38. The maximum absolute atomic E-state index is 12.5. The third kappa shape index (κ3) is 3.93. The molecule has 2 rings (SSSR count). The Labute approximate surface area is 134 Å². The molecule has 0 fully saturated rings. The largest absolute Gasteiger partial charge is 0.241 e. The minimum atomic E-state index is -3.53. The van der Waals surface area contributed by atoms with E-state index < -0.39 is 10.0 Å². The van der Waals surface area contributed by atoms with E-state index in [0.29, 0.717) is 6.42 Å². The van der Waals surface area contributed by atoms with E-state index in [-0.39, 0.29) is 10.9 Å². The Morgan fingerprint density at radius 1 is 1.14 bits per heavy atom. The maximum atomic E-state index is 12.5. The summed E-state index contributed by atoms with van der Waals surface area (Å²) in [5.41, 5.74) is 1.86. The fourth-order valence-corrected chi connectivity index (χ4v) is 3.75. The molecule has 0 aliphatic heterocycles. The van der Waals surface area contributed by atoms with Gasteiger partial charge in [-0.25, -0.2) is 13.1 Å². The number of hydrogen-bond acceptors (Lipinski definition) is 2. The molecular formula is C16H18BrNO2S. The zero-order chi connectivity index (χ0) is 15.5. The van der Waals surface area contributed by atoms with Crippen molar-refractivity contribution in [3.05, 3.63) is 64.1 Å². The van der Waals surface area contributed by atoms with Crippen LogP contribution in [-0.4, -0.2) is 8.42 Å². The van der Waals surface area contributed by atoms with Crippen molar-refractivity contribution in [2.75, 3.05) is 0 Å². The predicted octanol–water partition coefficient (Wildman–Crippen LogP) is 4.19. The molecule has 3 nitrogen and oxygen atoms in total. The predicted molar refractivity (Wildman–Crippen MR) is 88.7 cm³/mol. The first-order chi connectivity index (χ1) is 9.94. The first kappa shape index (κ1) is 16.2. The Morgan fingerprint density at radius 3 is 2.38 bits per heavy atom. The zero-order valence-electron chi connectivity index (χ0n) is 12.0. The zero-order valence-corrected chi connectivity index (χ0v) is 14.4. The molecule has 0 aromatic heterocycles. The van der Waals surface area contributed by atoms with Crippen molar-refractivity contribution in [2.24, 2.45) is 0 Å². The fraction of sp³-hybridized carbons (Fsp3) is 0.250. The Kier molecular flexibility index (Phi) is 5.19. The van der Waals surface area contributed by atoms with Crippen LogP contribution >= 0.6 is 15.9 Å². The van der Waals surface area contributed by atoms with E-state index in [2.05, 4.69) is 20.7 Å². The van der Waals surface area contributed by atoms with Crippen molar-refractivity contribution in [3.8, 4) is 0 Å². The summed E-state index contributed by atoms with van der Waals surface area (Å²) in [5.74, 6) is 0. The Morgan fingerprint density at radius 2 is 1.81 bits per heavy atom. The Balaban J connectivity index is 2.29. The van der Waals surface area contributed by atoms with Gasteiger partial charge in [0.2, 0.25) is 10.0 Å². The van der Waals surface area contributed by atoms with Crippen molar-refractivity contribution in [1.82, 2.24) is 4.72 Å². The van der Waals surface area contributed by atoms with Crippen LogP contribution in [0.15, 0.2) is 57.9 Å². The van der Waals surface area contributed by atoms with Crippen LogP contribution in [0.1, 0.15) is 30.5 Å². The monoisotopic (exact) mass is 367 g/mol. The van der Waals surface area contributed by atoms with Gasteiger partial charge in [0, 0.05) is 10.5 Å². The molecule has 0 aliphatic rings. The van der Waals surface area contributed by atoms with Crippen molar-refractivity contribution < 1.29 is 8.42 Å². The number of rotatable bonds is 5. The Bertz CT molecular complexity index is 714. The smallest absolute Gasteiger partial charge is 0.207 e. The van der Waals surface area contributed by atoms with Gasteiger partial charge in [-0.1, -0.05) is 53.2 Å². The van der Waals surface area contributed by atoms with Crippen LogP contribution in [0, 0.1) is 6.92 Å². The third-order valence-electron chi connectivity index (χ3n) is 3.35. The van der Waals surface area contributed by atoms with Crippen LogP contribution in [0.2, 0.25) is 0 Å². The molecule has 1 atom stereocenters. The molecule has 5 heteroatoms. The van der Waals surface area contributed by atoms with Crippen LogP contribution in [0.5, 0.6) is 0 Å². The second-order valence-corrected chi connectivity index (χ2v) is 7.47. The van der Waals surface area contributed by atoms with Crippen LogP contribution < -0.4 is 4.72 Å². The highest BCUT2D eigenvalue weighted by molar-refractivity contribution is 9.10. The highest BCUT2D eigenvalue weighted by atomic mass is 79.9. The van der Waals surface area contributed by atoms with Gasteiger partial charge in [-0.05, 0) is 42.7 Å². The van der Waals surface area contributed by atoms with Crippen molar-refractivity contribution in [1.29, 1.82) is 0 Å². The molecule has 0 heterocycles. The third-order valence-corrected chi connectivity index (χ3v) is 5.71. The fourth-order valence-electron chi connectivity index (χ4n) is 2.11. The van der Waals surface area contributed by atoms with Gasteiger partial charge in [-0.15, -0.1) is 0 Å². The van der Waals surface area contributed by atoms with Crippen LogP contribution in [0.4, 0.5) is 0 Å².